The highest BCUT2D eigenvalue weighted by Crippen LogP contribution is 2.29. The van der Waals surface area contributed by atoms with Crippen molar-refractivity contribution in [3.63, 3.8) is 0 Å². The van der Waals surface area contributed by atoms with E-state index in [0.717, 1.165) is 5.75 Å². The Bertz CT molecular complexity index is 646. The predicted molar refractivity (Wildman–Crippen MR) is 92.4 cm³/mol. The van der Waals surface area contributed by atoms with Gasteiger partial charge in [0.1, 0.15) is 0 Å². The van der Waals surface area contributed by atoms with E-state index in [4.69, 9.17) is 23.2 Å². The summed E-state index contributed by atoms with van der Waals surface area (Å²) in [7, 11) is 0. The molecule has 0 radical (unpaired) electrons. The van der Waals surface area contributed by atoms with E-state index in [-0.39, 0.29) is 5.91 Å². The number of benzene rings is 2. The molecule has 2 aromatic carbocycles. The second-order valence-electron chi connectivity index (χ2n) is 4.57. The lowest BCUT2D eigenvalue weighted by atomic mass is 10.1. The van der Waals surface area contributed by atoms with Crippen molar-refractivity contribution >= 4 is 46.6 Å². The molecule has 0 aliphatic heterocycles. The normalized spacial score (nSPS) is 10.4. The molecule has 110 valence electrons. The molecule has 2 rings (SSSR count). The monoisotopic (exact) mass is 339 g/mol. The van der Waals surface area contributed by atoms with Gasteiger partial charge in [0.25, 0.3) is 0 Å². The standard InChI is InChI=1S/C16H15Cl2NOS/c1-11-5-2-3-6-12(11)9-21-10-15(20)19-14-8-4-7-13(17)16(14)18/h2-8H,9-10H2,1H3,(H,19,20). The van der Waals surface area contributed by atoms with Crippen LogP contribution in [0.1, 0.15) is 11.1 Å². The fourth-order valence-electron chi connectivity index (χ4n) is 1.81. The van der Waals surface area contributed by atoms with Gasteiger partial charge in [0.2, 0.25) is 5.91 Å². The molecular weight excluding hydrogens is 325 g/mol. The van der Waals surface area contributed by atoms with Crippen molar-refractivity contribution in [2.24, 2.45) is 0 Å². The number of hydrogen-bond donors (Lipinski definition) is 1. The number of hydrogen-bond acceptors (Lipinski definition) is 2. The van der Waals surface area contributed by atoms with Crippen LogP contribution in [-0.2, 0) is 10.5 Å². The number of anilines is 1. The van der Waals surface area contributed by atoms with Gasteiger partial charge in [0.05, 0.1) is 21.5 Å². The van der Waals surface area contributed by atoms with Crippen LogP contribution in [0.4, 0.5) is 5.69 Å². The van der Waals surface area contributed by atoms with Gasteiger partial charge in [0.15, 0.2) is 0 Å². The highest BCUT2D eigenvalue weighted by molar-refractivity contribution is 7.99. The van der Waals surface area contributed by atoms with Gasteiger partial charge in [0, 0.05) is 5.75 Å². The van der Waals surface area contributed by atoms with Gasteiger partial charge in [-0.1, -0.05) is 53.5 Å². The summed E-state index contributed by atoms with van der Waals surface area (Å²) in [6.45, 7) is 2.07. The summed E-state index contributed by atoms with van der Waals surface area (Å²) in [5, 5.41) is 3.58. The fourth-order valence-corrected chi connectivity index (χ4v) is 3.06. The molecule has 0 atom stereocenters. The van der Waals surface area contributed by atoms with Crippen LogP contribution in [0.3, 0.4) is 0 Å². The van der Waals surface area contributed by atoms with E-state index in [0.29, 0.717) is 21.5 Å². The zero-order valence-electron chi connectivity index (χ0n) is 11.5. The molecule has 0 spiro atoms. The van der Waals surface area contributed by atoms with Gasteiger partial charge < -0.3 is 5.32 Å². The molecule has 0 saturated carbocycles. The Labute approximate surface area is 138 Å². The Hall–Kier alpha value is -1.16. The van der Waals surface area contributed by atoms with Gasteiger partial charge in [-0.25, -0.2) is 0 Å². The Morgan fingerprint density at radius 1 is 1.14 bits per heavy atom. The minimum Gasteiger partial charge on any atom is -0.324 e. The van der Waals surface area contributed by atoms with Crippen LogP contribution in [0.5, 0.6) is 0 Å². The smallest absolute Gasteiger partial charge is 0.234 e. The maximum absolute atomic E-state index is 11.9. The number of aryl methyl sites for hydroxylation is 1. The molecule has 0 aliphatic carbocycles. The quantitative estimate of drug-likeness (QED) is 0.813. The van der Waals surface area contributed by atoms with Gasteiger partial charge in [-0.3, -0.25) is 4.79 Å². The summed E-state index contributed by atoms with van der Waals surface area (Å²) in [5.74, 6) is 1.10. The Morgan fingerprint density at radius 3 is 2.67 bits per heavy atom. The van der Waals surface area contributed by atoms with Crippen molar-refractivity contribution in [3.05, 3.63) is 63.6 Å². The van der Waals surface area contributed by atoms with Crippen LogP contribution in [0, 0.1) is 6.92 Å². The number of thioether (sulfide) groups is 1. The Balaban J connectivity index is 1.85. The highest BCUT2D eigenvalue weighted by Gasteiger charge is 2.08. The molecule has 0 aromatic heterocycles. The van der Waals surface area contributed by atoms with Crippen LogP contribution in [0.25, 0.3) is 0 Å². The van der Waals surface area contributed by atoms with E-state index in [9.17, 15) is 4.79 Å². The summed E-state index contributed by atoms with van der Waals surface area (Å²) in [4.78, 5) is 11.9. The third-order valence-corrected chi connectivity index (χ3v) is 4.78. The molecule has 0 fully saturated rings. The topological polar surface area (TPSA) is 29.1 Å². The predicted octanol–water partition coefficient (Wildman–Crippen LogP) is 5.17. The van der Waals surface area contributed by atoms with E-state index in [2.05, 4.69) is 24.4 Å². The van der Waals surface area contributed by atoms with E-state index in [1.165, 1.54) is 11.1 Å². The van der Waals surface area contributed by atoms with Crippen LogP contribution in [0.15, 0.2) is 42.5 Å². The molecule has 0 aliphatic rings. The molecule has 1 N–H and O–H groups in total. The van der Waals surface area contributed by atoms with Crippen molar-refractivity contribution in [2.45, 2.75) is 12.7 Å². The first-order valence-electron chi connectivity index (χ1n) is 6.44. The van der Waals surface area contributed by atoms with Crippen molar-refractivity contribution in [2.75, 3.05) is 11.1 Å². The molecule has 1 amide bonds. The summed E-state index contributed by atoms with van der Waals surface area (Å²) in [5.41, 5.74) is 3.03. The number of halogens is 2. The minimum absolute atomic E-state index is 0.0854. The number of carbonyl (C=O) groups excluding carboxylic acids is 1. The lowest BCUT2D eigenvalue weighted by Gasteiger charge is -2.08. The van der Waals surface area contributed by atoms with Crippen molar-refractivity contribution < 1.29 is 4.79 Å². The Morgan fingerprint density at radius 2 is 1.90 bits per heavy atom. The summed E-state index contributed by atoms with van der Waals surface area (Å²) in [6.07, 6.45) is 0. The number of carbonyl (C=O) groups is 1. The van der Waals surface area contributed by atoms with E-state index < -0.39 is 0 Å². The number of amides is 1. The Kier molecular flexibility index (Phi) is 5.97. The molecule has 0 saturated heterocycles. The van der Waals surface area contributed by atoms with Crippen molar-refractivity contribution in [1.82, 2.24) is 0 Å². The zero-order valence-corrected chi connectivity index (χ0v) is 13.9. The maximum atomic E-state index is 11.9. The first-order valence-corrected chi connectivity index (χ1v) is 8.35. The summed E-state index contributed by atoms with van der Waals surface area (Å²) < 4.78 is 0. The molecule has 0 unspecified atom stereocenters. The van der Waals surface area contributed by atoms with Gasteiger partial charge in [-0.2, -0.15) is 0 Å². The van der Waals surface area contributed by atoms with Crippen molar-refractivity contribution in [3.8, 4) is 0 Å². The number of rotatable bonds is 5. The van der Waals surface area contributed by atoms with Gasteiger partial charge in [-0.15, -0.1) is 11.8 Å². The zero-order chi connectivity index (χ0) is 15.2. The molecular formula is C16H15Cl2NOS. The van der Waals surface area contributed by atoms with E-state index >= 15 is 0 Å². The maximum Gasteiger partial charge on any atom is 0.234 e. The fraction of sp³-hybridized carbons (Fsp3) is 0.188. The number of nitrogens with one attached hydrogen (secondary N) is 1. The van der Waals surface area contributed by atoms with E-state index in [1.807, 2.05) is 12.1 Å². The second kappa shape index (κ2) is 7.74. The van der Waals surface area contributed by atoms with Crippen molar-refractivity contribution in [1.29, 1.82) is 0 Å². The third kappa shape index (κ3) is 4.67. The van der Waals surface area contributed by atoms with Crippen LogP contribution in [-0.4, -0.2) is 11.7 Å². The summed E-state index contributed by atoms with van der Waals surface area (Å²) in [6, 6.07) is 13.3. The molecule has 0 heterocycles. The molecule has 2 aromatic rings. The average molecular weight is 340 g/mol. The van der Waals surface area contributed by atoms with Crippen LogP contribution in [0.2, 0.25) is 10.0 Å². The van der Waals surface area contributed by atoms with Crippen LogP contribution < -0.4 is 5.32 Å². The first kappa shape index (κ1) is 16.2. The molecule has 5 heteroatoms. The van der Waals surface area contributed by atoms with Gasteiger partial charge >= 0.3 is 0 Å². The lowest BCUT2D eigenvalue weighted by Crippen LogP contribution is -2.14. The largest absolute Gasteiger partial charge is 0.324 e. The molecule has 0 bridgehead atoms. The summed E-state index contributed by atoms with van der Waals surface area (Å²) >= 11 is 13.5. The highest BCUT2D eigenvalue weighted by atomic mass is 35.5. The van der Waals surface area contributed by atoms with Crippen LogP contribution >= 0.6 is 35.0 Å². The average Bonchev–Trinajstić information content (AvgIpc) is 2.46. The lowest BCUT2D eigenvalue weighted by molar-refractivity contribution is -0.113. The van der Waals surface area contributed by atoms with E-state index in [1.54, 1.807) is 30.0 Å². The first-order chi connectivity index (χ1) is 10.1. The molecule has 21 heavy (non-hydrogen) atoms. The second-order valence-corrected chi connectivity index (χ2v) is 6.34. The third-order valence-electron chi connectivity index (χ3n) is 2.98. The molecule has 2 nitrogen and oxygen atoms in total. The van der Waals surface area contributed by atoms with Gasteiger partial charge in [-0.05, 0) is 30.2 Å². The SMILES string of the molecule is Cc1ccccc1CSCC(=O)Nc1cccc(Cl)c1Cl. The minimum atomic E-state index is -0.0854.